The van der Waals surface area contributed by atoms with Crippen molar-refractivity contribution < 1.29 is 19.0 Å². The van der Waals surface area contributed by atoms with Crippen LogP contribution in [0.3, 0.4) is 0 Å². The van der Waals surface area contributed by atoms with E-state index in [1.54, 1.807) is 6.07 Å². The number of rotatable bonds is 2. The average molecular weight is 390 g/mol. The van der Waals surface area contributed by atoms with E-state index in [2.05, 4.69) is 15.9 Å². The number of carbonyl (C=O) groups excluding carboxylic acids is 1. The van der Waals surface area contributed by atoms with Crippen LogP contribution in [0.1, 0.15) is 22.0 Å². The van der Waals surface area contributed by atoms with Crippen molar-refractivity contribution in [2.75, 3.05) is 26.5 Å². The number of nitrogens with zero attached hydrogens (tertiary/aromatic N) is 1. The molecule has 0 spiro atoms. The van der Waals surface area contributed by atoms with E-state index in [1.165, 1.54) is 0 Å². The summed E-state index contributed by atoms with van der Waals surface area (Å²) in [6, 6.07) is 13.4. The molecule has 1 atom stereocenters. The Kier molecular flexibility index (Phi) is 4.16. The molecule has 0 unspecified atom stereocenters. The molecule has 2 heterocycles. The zero-order valence-corrected chi connectivity index (χ0v) is 14.5. The number of carbonyl (C=O) groups is 1. The van der Waals surface area contributed by atoms with Crippen LogP contribution in [0.4, 0.5) is 0 Å². The van der Waals surface area contributed by atoms with Crippen molar-refractivity contribution in [3.63, 3.8) is 0 Å². The van der Waals surface area contributed by atoms with Gasteiger partial charge in [-0.3, -0.25) is 4.79 Å². The van der Waals surface area contributed by atoms with E-state index >= 15 is 0 Å². The molecule has 2 aromatic carbocycles. The Balaban J connectivity index is 1.55. The second-order valence-electron chi connectivity index (χ2n) is 5.70. The minimum atomic E-state index is -0.121. The third-order valence-corrected chi connectivity index (χ3v) is 4.75. The van der Waals surface area contributed by atoms with E-state index < -0.39 is 0 Å². The minimum Gasteiger partial charge on any atom is -0.454 e. The smallest absolute Gasteiger partial charge is 0.257 e. The van der Waals surface area contributed by atoms with Gasteiger partial charge in [-0.2, -0.15) is 0 Å². The molecule has 1 saturated heterocycles. The first-order chi connectivity index (χ1) is 11.7. The van der Waals surface area contributed by atoms with Crippen molar-refractivity contribution in [3.8, 4) is 11.5 Å². The van der Waals surface area contributed by atoms with Gasteiger partial charge in [0.2, 0.25) is 6.79 Å². The molecule has 0 radical (unpaired) electrons. The van der Waals surface area contributed by atoms with Crippen molar-refractivity contribution in [1.29, 1.82) is 0 Å². The monoisotopic (exact) mass is 389 g/mol. The summed E-state index contributed by atoms with van der Waals surface area (Å²) in [7, 11) is 0. The van der Waals surface area contributed by atoms with Gasteiger partial charge in [-0.25, -0.2) is 0 Å². The minimum absolute atomic E-state index is 0.0530. The zero-order valence-electron chi connectivity index (χ0n) is 12.9. The molecule has 4 rings (SSSR count). The number of hydrogen-bond acceptors (Lipinski definition) is 4. The fourth-order valence-corrected chi connectivity index (χ4v) is 3.25. The topological polar surface area (TPSA) is 48.0 Å². The molecule has 5 nitrogen and oxygen atoms in total. The summed E-state index contributed by atoms with van der Waals surface area (Å²) in [4.78, 5) is 14.7. The average Bonchev–Trinajstić information content (AvgIpc) is 3.10. The van der Waals surface area contributed by atoms with Crippen LogP contribution in [0.15, 0.2) is 46.9 Å². The molecule has 24 heavy (non-hydrogen) atoms. The van der Waals surface area contributed by atoms with E-state index in [9.17, 15) is 4.79 Å². The molecule has 1 fully saturated rings. The van der Waals surface area contributed by atoms with Gasteiger partial charge in [-0.05, 0) is 29.8 Å². The summed E-state index contributed by atoms with van der Waals surface area (Å²) in [5, 5.41) is 0. The lowest BCUT2D eigenvalue weighted by atomic mass is 10.1. The predicted octanol–water partition coefficient (Wildman–Crippen LogP) is 3.39. The van der Waals surface area contributed by atoms with Gasteiger partial charge >= 0.3 is 0 Å². The van der Waals surface area contributed by atoms with E-state index in [0.29, 0.717) is 36.8 Å². The molecular formula is C18H16BrNO4. The number of halogens is 1. The van der Waals surface area contributed by atoms with Crippen LogP contribution in [-0.4, -0.2) is 37.3 Å². The molecule has 124 valence electrons. The third kappa shape index (κ3) is 2.87. The number of para-hydroxylation sites is 1. The molecular weight excluding hydrogens is 374 g/mol. The second-order valence-corrected chi connectivity index (χ2v) is 6.62. The van der Waals surface area contributed by atoms with Gasteiger partial charge in [0.15, 0.2) is 11.5 Å². The van der Waals surface area contributed by atoms with Crippen molar-refractivity contribution in [1.82, 2.24) is 4.90 Å². The van der Waals surface area contributed by atoms with Gasteiger partial charge < -0.3 is 19.1 Å². The molecule has 2 aliphatic rings. The Morgan fingerprint density at radius 2 is 1.96 bits per heavy atom. The van der Waals surface area contributed by atoms with Gasteiger partial charge in [0.25, 0.3) is 5.91 Å². The lowest BCUT2D eigenvalue weighted by molar-refractivity contribution is -0.0229. The molecule has 0 N–H and O–H groups in total. The van der Waals surface area contributed by atoms with Crippen molar-refractivity contribution in [2.45, 2.75) is 6.10 Å². The molecule has 1 amide bonds. The van der Waals surface area contributed by atoms with E-state index in [1.807, 2.05) is 41.3 Å². The molecule has 0 aromatic heterocycles. The maximum atomic E-state index is 12.9. The number of morpholine rings is 1. The van der Waals surface area contributed by atoms with Crippen molar-refractivity contribution in [3.05, 3.63) is 58.1 Å². The lowest BCUT2D eigenvalue weighted by Crippen LogP contribution is -2.42. The van der Waals surface area contributed by atoms with E-state index in [0.717, 1.165) is 10.0 Å². The lowest BCUT2D eigenvalue weighted by Gasteiger charge is -2.33. The first-order valence-electron chi connectivity index (χ1n) is 7.77. The predicted molar refractivity (Wildman–Crippen MR) is 91.3 cm³/mol. The SMILES string of the molecule is O=C(c1cccc2c1OCO2)N1CCO[C@H](c2ccc(Br)cc2)C1. The fourth-order valence-electron chi connectivity index (χ4n) is 2.98. The molecule has 0 aliphatic carbocycles. The quantitative estimate of drug-likeness (QED) is 0.789. The highest BCUT2D eigenvalue weighted by Crippen LogP contribution is 2.36. The Morgan fingerprint density at radius 3 is 2.79 bits per heavy atom. The van der Waals surface area contributed by atoms with Gasteiger partial charge in [0, 0.05) is 11.0 Å². The van der Waals surface area contributed by atoms with Crippen molar-refractivity contribution in [2.24, 2.45) is 0 Å². The molecule has 0 saturated carbocycles. The Hall–Kier alpha value is -2.05. The first-order valence-corrected chi connectivity index (χ1v) is 8.56. The number of ether oxygens (including phenoxy) is 3. The summed E-state index contributed by atoms with van der Waals surface area (Å²) in [5.41, 5.74) is 1.61. The number of amides is 1. The van der Waals surface area contributed by atoms with Crippen LogP contribution in [0, 0.1) is 0 Å². The fraction of sp³-hybridized carbons (Fsp3) is 0.278. The number of benzene rings is 2. The summed E-state index contributed by atoms with van der Waals surface area (Å²) >= 11 is 3.43. The first kappa shape index (κ1) is 15.5. The van der Waals surface area contributed by atoms with E-state index in [4.69, 9.17) is 14.2 Å². The van der Waals surface area contributed by atoms with Crippen LogP contribution in [0.25, 0.3) is 0 Å². The second kappa shape index (κ2) is 6.45. The van der Waals surface area contributed by atoms with Crippen LogP contribution in [0.2, 0.25) is 0 Å². The molecule has 2 aromatic rings. The maximum absolute atomic E-state index is 12.9. The summed E-state index contributed by atoms with van der Waals surface area (Å²) in [5.74, 6) is 1.11. The van der Waals surface area contributed by atoms with Crippen LogP contribution >= 0.6 is 15.9 Å². The largest absolute Gasteiger partial charge is 0.454 e. The van der Waals surface area contributed by atoms with Gasteiger partial charge in [0.05, 0.1) is 18.7 Å². The van der Waals surface area contributed by atoms with Crippen LogP contribution in [-0.2, 0) is 4.74 Å². The van der Waals surface area contributed by atoms with Crippen molar-refractivity contribution >= 4 is 21.8 Å². The Bertz CT molecular complexity index is 762. The highest BCUT2D eigenvalue weighted by atomic mass is 79.9. The van der Waals surface area contributed by atoms with Gasteiger partial charge in [0.1, 0.15) is 6.10 Å². The van der Waals surface area contributed by atoms with E-state index in [-0.39, 0.29) is 18.8 Å². The van der Waals surface area contributed by atoms with Crippen LogP contribution in [0.5, 0.6) is 11.5 Å². The van der Waals surface area contributed by atoms with Gasteiger partial charge in [-0.1, -0.05) is 34.1 Å². The summed E-state index contributed by atoms with van der Waals surface area (Å²) < 4.78 is 17.7. The Labute approximate surface area is 148 Å². The molecule has 6 heteroatoms. The Morgan fingerprint density at radius 1 is 1.12 bits per heavy atom. The molecule has 2 aliphatic heterocycles. The van der Waals surface area contributed by atoms with Crippen LogP contribution < -0.4 is 9.47 Å². The third-order valence-electron chi connectivity index (χ3n) is 4.22. The summed E-state index contributed by atoms with van der Waals surface area (Å²) in [6.45, 7) is 1.75. The van der Waals surface area contributed by atoms with Gasteiger partial charge in [-0.15, -0.1) is 0 Å². The maximum Gasteiger partial charge on any atom is 0.257 e. The standard InChI is InChI=1S/C18H16BrNO4/c19-13-6-4-12(5-7-13)16-10-20(8-9-22-16)18(21)14-2-1-3-15-17(14)24-11-23-15/h1-7,16H,8-11H2/t16-/m0/s1. The highest BCUT2D eigenvalue weighted by molar-refractivity contribution is 9.10. The number of fused-ring (bicyclic) bond motifs is 1. The number of hydrogen-bond donors (Lipinski definition) is 0. The molecule has 0 bridgehead atoms. The summed E-state index contributed by atoms with van der Waals surface area (Å²) in [6.07, 6.45) is -0.121. The zero-order chi connectivity index (χ0) is 16.5. The normalized spacial score (nSPS) is 19.4. The highest BCUT2D eigenvalue weighted by Gasteiger charge is 2.30.